The Bertz CT molecular complexity index is 919. The molecule has 6 rings (SSSR count). The van der Waals surface area contributed by atoms with Crippen LogP contribution in [-0.2, 0) is 9.47 Å². The van der Waals surface area contributed by atoms with Gasteiger partial charge < -0.3 is 9.47 Å². The van der Waals surface area contributed by atoms with Gasteiger partial charge in [0, 0.05) is 17.4 Å². The summed E-state index contributed by atoms with van der Waals surface area (Å²) in [5, 5.41) is 0. The van der Waals surface area contributed by atoms with Crippen molar-refractivity contribution in [1.29, 1.82) is 0 Å². The molecule has 2 unspecified atom stereocenters. The Labute approximate surface area is 179 Å². The van der Waals surface area contributed by atoms with E-state index < -0.39 is 0 Å². The Balaban J connectivity index is 1.29. The van der Waals surface area contributed by atoms with Gasteiger partial charge in [-0.3, -0.25) is 0 Å². The van der Waals surface area contributed by atoms with Crippen LogP contribution >= 0.6 is 0 Å². The molecule has 0 aromatic rings. The Kier molecular flexibility index (Phi) is 4.51. The number of aliphatic imine (C=N–C) groups is 2. The van der Waals surface area contributed by atoms with Crippen molar-refractivity contribution in [3.8, 4) is 0 Å². The van der Waals surface area contributed by atoms with E-state index in [9.17, 15) is 0 Å². The molecule has 2 fully saturated rings. The molecule has 0 radical (unpaired) electrons. The number of ether oxygens (including phenoxy) is 2. The SMILES string of the molecule is CC1CCC(C2=NC3=C4C(=CC=C5N=C(C6CCC(C)CC6)OC(C=C3)C54)O2)CC1. The van der Waals surface area contributed by atoms with Crippen LogP contribution in [0.4, 0.5) is 0 Å². The molecule has 0 aromatic carbocycles. The summed E-state index contributed by atoms with van der Waals surface area (Å²) in [6.07, 6.45) is 18.5. The zero-order chi connectivity index (χ0) is 20.2. The molecule has 2 atom stereocenters. The van der Waals surface area contributed by atoms with E-state index in [2.05, 4.69) is 38.2 Å². The molecule has 30 heavy (non-hydrogen) atoms. The molecule has 0 N–H and O–H groups in total. The van der Waals surface area contributed by atoms with Gasteiger partial charge in [0.25, 0.3) is 0 Å². The van der Waals surface area contributed by atoms with E-state index in [1.54, 1.807) is 0 Å². The maximum absolute atomic E-state index is 6.48. The van der Waals surface area contributed by atoms with Crippen LogP contribution in [0.5, 0.6) is 0 Å². The van der Waals surface area contributed by atoms with Gasteiger partial charge in [0.2, 0.25) is 0 Å². The summed E-state index contributed by atoms with van der Waals surface area (Å²) in [4.78, 5) is 10.0. The summed E-state index contributed by atoms with van der Waals surface area (Å²) in [5.74, 6) is 5.54. The highest BCUT2D eigenvalue weighted by Gasteiger charge is 2.44. The fraction of sp³-hybridized carbons (Fsp3) is 0.615. The molecule has 0 spiro atoms. The molecule has 0 amide bonds. The van der Waals surface area contributed by atoms with Gasteiger partial charge in [-0.1, -0.05) is 13.8 Å². The Hall–Kier alpha value is -2.10. The minimum Gasteiger partial charge on any atom is -0.472 e. The third-order valence-electron chi connectivity index (χ3n) is 8.02. The summed E-state index contributed by atoms with van der Waals surface area (Å²) >= 11 is 0. The molecule has 2 aliphatic heterocycles. The summed E-state index contributed by atoms with van der Waals surface area (Å²) in [6.45, 7) is 4.71. The summed E-state index contributed by atoms with van der Waals surface area (Å²) in [7, 11) is 0. The molecule has 4 heteroatoms. The van der Waals surface area contributed by atoms with E-state index in [1.807, 2.05) is 0 Å². The first-order chi connectivity index (χ1) is 14.7. The molecule has 0 saturated heterocycles. The first kappa shape index (κ1) is 18.7. The smallest absolute Gasteiger partial charge is 0.198 e. The second-order valence-corrected chi connectivity index (χ2v) is 10.3. The van der Waals surface area contributed by atoms with Gasteiger partial charge >= 0.3 is 0 Å². The van der Waals surface area contributed by atoms with Crippen LogP contribution < -0.4 is 0 Å². The average Bonchev–Trinajstić information content (AvgIpc) is 2.78. The zero-order valence-electron chi connectivity index (χ0n) is 18.1. The predicted molar refractivity (Wildman–Crippen MR) is 119 cm³/mol. The maximum atomic E-state index is 6.48. The molecule has 6 aliphatic rings. The quantitative estimate of drug-likeness (QED) is 0.559. The normalized spacial score (nSPS) is 39.7. The van der Waals surface area contributed by atoms with E-state index in [-0.39, 0.29) is 12.0 Å². The van der Waals surface area contributed by atoms with Crippen LogP contribution in [0.3, 0.4) is 0 Å². The highest BCUT2D eigenvalue weighted by Crippen LogP contribution is 2.47. The second-order valence-electron chi connectivity index (χ2n) is 10.3. The monoisotopic (exact) mass is 404 g/mol. The molecule has 4 nitrogen and oxygen atoms in total. The van der Waals surface area contributed by atoms with Crippen LogP contribution in [0.25, 0.3) is 0 Å². The number of nitrogens with zero attached hydrogens (tertiary/aromatic N) is 2. The van der Waals surface area contributed by atoms with Crippen LogP contribution in [0.1, 0.15) is 65.2 Å². The third kappa shape index (κ3) is 3.11. The molecule has 0 bridgehead atoms. The van der Waals surface area contributed by atoms with Crippen LogP contribution in [-0.4, -0.2) is 17.9 Å². The maximum Gasteiger partial charge on any atom is 0.198 e. The molecule has 4 aliphatic carbocycles. The standard InChI is InChI=1S/C26H32N2O2/c1-15-3-7-17(8-4-15)25-27-19-11-14-22-24-20(12-13-21(29-25)23(19)24)28-26(30-22)18-9-5-16(2)6-10-18/h11-18,21,23H,3-10H2,1-2H3. The third-order valence-corrected chi connectivity index (χ3v) is 8.02. The van der Waals surface area contributed by atoms with Crippen LogP contribution in [0.15, 0.2) is 57.0 Å². The highest BCUT2D eigenvalue weighted by molar-refractivity contribution is 5.85. The van der Waals surface area contributed by atoms with Crippen molar-refractivity contribution in [3.63, 3.8) is 0 Å². The minimum absolute atomic E-state index is 0.0152. The fourth-order valence-electron chi connectivity index (χ4n) is 5.98. The first-order valence-corrected chi connectivity index (χ1v) is 12.0. The van der Waals surface area contributed by atoms with E-state index in [1.165, 1.54) is 56.9 Å². The predicted octanol–water partition coefficient (Wildman–Crippen LogP) is 6.09. The Morgan fingerprint density at radius 2 is 1.47 bits per heavy atom. The van der Waals surface area contributed by atoms with Gasteiger partial charge in [-0.15, -0.1) is 0 Å². The van der Waals surface area contributed by atoms with E-state index in [4.69, 9.17) is 19.5 Å². The van der Waals surface area contributed by atoms with Crippen molar-refractivity contribution in [2.24, 2.45) is 39.6 Å². The molecule has 0 aromatic heterocycles. The summed E-state index contributed by atoms with van der Waals surface area (Å²) < 4.78 is 12.9. The van der Waals surface area contributed by atoms with E-state index in [0.717, 1.165) is 40.8 Å². The van der Waals surface area contributed by atoms with Gasteiger partial charge in [-0.25, -0.2) is 9.98 Å². The molecular formula is C26H32N2O2. The summed E-state index contributed by atoms with van der Waals surface area (Å²) in [5.41, 5.74) is 3.35. The van der Waals surface area contributed by atoms with Crippen molar-refractivity contribution < 1.29 is 9.47 Å². The minimum atomic E-state index is 0.0152. The lowest BCUT2D eigenvalue weighted by Gasteiger charge is -2.41. The lowest BCUT2D eigenvalue weighted by Crippen LogP contribution is -2.40. The van der Waals surface area contributed by atoms with Crippen molar-refractivity contribution in [3.05, 3.63) is 47.0 Å². The van der Waals surface area contributed by atoms with Gasteiger partial charge in [0.15, 0.2) is 11.8 Å². The molecule has 158 valence electrons. The number of allylic oxidation sites excluding steroid dienone is 4. The van der Waals surface area contributed by atoms with Crippen molar-refractivity contribution in [1.82, 2.24) is 0 Å². The summed E-state index contributed by atoms with van der Waals surface area (Å²) in [6, 6.07) is 0. The number of rotatable bonds is 2. The van der Waals surface area contributed by atoms with E-state index in [0.29, 0.717) is 11.8 Å². The Morgan fingerprint density at radius 3 is 2.17 bits per heavy atom. The van der Waals surface area contributed by atoms with Gasteiger partial charge in [-0.05, 0) is 87.5 Å². The Morgan fingerprint density at radius 1 is 0.800 bits per heavy atom. The molecule has 2 heterocycles. The van der Waals surface area contributed by atoms with Crippen LogP contribution in [0.2, 0.25) is 0 Å². The average molecular weight is 405 g/mol. The van der Waals surface area contributed by atoms with Crippen LogP contribution in [0, 0.1) is 29.6 Å². The van der Waals surface area contributed by atoms with E-state index >= 15 is 0 Å². The topological polar surface area (TPSA) is 43.2 Å². The van der Waals surface area contributed by atoms with Gasteiger partial charge in [0.1, 0.15) is 11.9 Å². The first-order valence-electron chi connectivity index (χ1n) is 12.0. The molecule has 2 saturated carbocycles. The van der Waals surface area contributed by atoms with Crippen molar-refractivity contribution in [2.45, 2.75) is 71.3 Å². The highest BCUT2D eigenvalue weighted by atomic mass is 16.5. The van der Waals surface area contributed by atoms with Gasteiger partial charge in [0.05, 0.1) is 17.3 Å². The second kappa shape index (κ2) is 7.25. The largest absolute Gasteiger partial charge is 0.472 e. The van der Waals surface area contributed by atoms with Gasteiger partial charge in [-0.2, -0.15) is 0 Å². The lowest BCUT2D eigenvalue weighted by atomic mass is 9.78. The number of hydrogen-bond donors (Lipinski definition) is 0. The molecular weight excluding hydrogens is 372 g/mol. The fourth-order valence-corrected chi connectivity index (χ4v) is 5.98. The number of hydrogen-bond acceptors (Lipinski definition) is 4. The zero-order valence-corrected chi connectivity index (χ0v) is 18.1. The van der Waals surface area contributed by atoms with Crippen molar-refractivity contribution in [2.75, 3.05) is 0 Å². The lowest BCUT2D eigenvalue weighted by molar-refractivity contribution is 0.153. The van der Waals surface area contributed by atoms with Crippen molar-refractivity contribution >= 4 is 11.8 Å².